The zero-order chi connectivity index (χ0) is 24.4. The van der Waals surface area contributed by atoms with Crippen molar-refractivity contribution in [1.29, 1.82) is 0 Å². The minimum absolute atomic E-state index is 0.145. The Balaban J connectivity index is 1.33. The molecule has 0 aromatic heterocycles. The second-order valence-electron chi connectivity index (χ2n) is 9.69. The van der Waals surface area contributed by atoms with Crippen molar-refractivity contribution < 1.29 is 9.53 Å². The summed E-state index contributed by atoms with van der Waals surface area (Å²) in [5.41, 5.74) is 13.6. The van der Waals surface area contributed by atoms with Crippen molar-refractivity contribution in [2.24, 2.45) is 0 Å². The smallest absolute Gasteiger partial charge is 0.150 e. The highest BCUT2D eigenvalue weighted by Gasteiger charge is 2.25. The molecule has 1 saturated heterocycles. The first kappa shape index (κ1) is 23.2. The number of hydrogen-bond donors (Lipinski definition) is 1. The van der Waals surface area contributed by atoms with Gasteiger partial charge in [-0.1, -0.05) is 18.2 Å². The second-order valence-corrected chi connectivity index (χ2v) is 9.69. The van der Waals surface area contributed by atoms with Gasteiger partial charge in [-0.2, -0.15) is 0 Å². The van der Waals surface area contributed by atoms with Crippen LogP contribution in [0.5, 0.6) is 5.75 Å². The number of nitrogens with zero attached hydrogens (tertiary/aromatic N) is 3. The van der Waals surface area contributed by atoms with E-state index >= 15 is 0 Å². The summed E-state index contributed by atoms with van der Waals surface area (Å²) in [6, 6.07) is 20.5. The monoisotopic (exact) mass is 470 g/mol. The quantitative estimate of drug-likeness (QED) is 0.392. The largest absolute Gasteiger partial charge is 0.489 e. The molecule has 0 bridgehead atoms. The highest BCUT2D eigenvalue weighted by molar-refractivity contribution is 5.80. The summed E-state index contributed by atoms with van der Waals surface area (Å²) < 4.78 is 6.05. The number of hydrogen-bond acceptors (Lipinski definition) is 6. The minimum atomic E-state index is 0.145. The predicted octanol–water partition coefficient (Wildman–Crippen LogP) is 4.88. The van der Waals surface area contributed by atoms with Crippen molar-refractivity contribution in [3.63, 3.8) is 0 Å². The van der Waals surface area contributed by atoms with Crippen LogP contribution in [0.25, 0.3) is 0 Å². The average Bonchev–Trinajstić information content (AvgIpc) is 3.27. The number of benzene rings is 3. The number of para-hydroxylation sites is 2. The van der Waals surface area contributed by atoms with Gasteiger partial charge in [0.15, 0.2) is 0 Å². The molecule has 5 rings (SSSR count). The highest BCUT2D eigenvalue weighted by Crippen LogP contribution is 2.38. The van der Waals surface area contributed by atoms with E-state index in [2.05, 4.69) is 64.9 Å². The molecular formula is C29H34N4O2. The first-order valence-electron chi connectivity index (χ1n) is 12.5. The zero-order valence-electron chi connectivity index (χ0n) is 20.6. The molecule has 2 aliphatic heterocycles. The van der Waals surface area contributed by atoms with Gasteiger partial charge in [-0.3, -0.25) is 9.69 Å². The van der Waals surface area contributed by atoms with Gasteiger partial charge in [0.25, 0.3) is 0 Å². The molecule has 0 radical (unpaired) electrons. The van der Waals surface area contributed by atoms with E-state index in [1.54, 1.807) is 0 Å². The van der Waals surface area contributed by atoms with Gasteiger partial charge in [-0.05, 0) is 73.9 Å². The lowest BCUT2D eigenvalue weighted by molar-refractivity contribution is 0.112. The highest BCUT2D eigenvalue weighted by atomic mass is 16.5. The SMILES string of the molecule is CC(C)Oc1ccccc1N1CCN(Cc2cc(C=O)ccc2N2CCc3ccc(N)cc32)CC1. The molecule has 2 aliphatic rings. The standard InChI is InChI=1S/C29H34N4O2/c1-21(2)35-29-6-4-3-5-27(29)32-15-13-31(14-16-32)19-24-17-22(20-34)7-10-26(24)33-12-11-23-8-9-25(30)18-28(23)33/h3-10,17-18,20-21H,11-16,19,30H2,1-2H3. The van der Waals surface area contributed by atoms with Gasteiger partial charge < -0.3 is 20.3 Å². The molecule has 0 amide bonds. The fourth-order valence-corrected chi connectivity index (χ4v) is 5.17. The molecule has 6 heteroatoms. The third-order valence-corrected chi connectivity index (χ3v) is 6.87. The van der Waals surface area contributed by atoms with Crippen LogP contribution in [0.4, 0.5) is 22.7 Å². The Hall–Kier alpha value is -3.51. The summed E-state index contributed by atoms with van der Waals surface area (Å²) in [4.78, 5) is 18.8. The molecule has 3 aromatic carbocycles. The Bertz CT molecular complexity index is 1200. The van der Waals surface area contributed by atoms with Gasteiger partial charge >= 0.3 is 0 Å². The normalized spacial score (nSPS) is 16.0. The number of carbonyl (C=O) groups is 1. The number of fused-ring (bicyclic) bond motifs is 1. The fourth-order valence-electron chi connectivity index (χ4n) is 5.17. The van der Waals surface area contributed by atoms with Crippen LogP contribution < -0.4 is 20.3 Å². The third kappa shape index (κ3) is 4.98. The molecule has 0 spiro atoms. The summed E-state index contributed by atoms with van der Waals surface area (Å²) >= 11 is 0. The van der Waals surface area contributed by atoms with Crippen LogP contribution in [0, 0.1) is 0 Å². The first-order chi connectivity index (χ1) is 17.0. The number of nitrogen functional groups attached to an aromatic ring is 1. The van der Waals surface area contributed by atoms with Gasteiger partial charge in [-0.25, -0.2) is 0 Å². The van der Waals surface area contributed by atoms with E-state index in [9.17, 15) is 4.79 Å². The molecule has 0 unspecified atom stereocenters. The van der Waals surface area contributed by atoms with Crippen molar-refractivity contribution in [2.45, 2.75) is 32.9 Å². The summed E-state index contributed by atoms with van der Waals surface area (Å²) in [5, 5.41) is 0. The predicted molar refractivity (Wildman–Crippen MR) is 143 cm³/mol. The van der Waals surface area contributed by atoms with Crippen molar-refractivity contribution >= 4 is 29.0 Å². The summed E-state index contributed by atoms with van der Waals surface area (Å²) in [6.45, 7) is 9.62. The number of carbonyl (C=O) groups excluding carboxylic acids is 1. The molecular weight excluding hydrogens is 436 g/mol. The van der Waals surface area contributed by atoms with E-state index in [-0.39, 0.29) is 6.10 Å². The Morgan fingerprint density at radius 2 is 1.71 bits per heavy atom. The Labute approximate surface area is 207 Å². The van der Waals surface area contributed by atoms with E-state index in [4.69, 9.17) is 10.5 Å². The van der Waals surface area contributed by atoms with Gasteiger partial charge in [0.05, 0.1) is 11.8 Å². The second kappa shape index (κ2) is 10.0. The molecule has 1 fully saturated rings. The maximum absolute atomic E-state index is 11.6. The van der Waals surface area contributed by atoms with Gasteiger partial charge in [0.1, 0.15) is 12.0 Å². The Morgan fingerprint density at radius 3 is 2.49 bits per heavy atom. The van der Waals surface area contributed by atoms with Crippen LogP contribution in [0.2, 0.25) is 0 Å². The molecule has 0 atom stereocenters. The van der Waals surface area contributed by atoms with Crippen molar-refractivity contribution in [1.82, 2.24) is 4.90 Å². The molecule has 35 heavy (non-hydrogen) atoms. The lowest BCUT2D eigenvalue weighted by Crippen LogP contribution is -2.46. The summed E-state index contributed by atoms with van der Waals surface area (Å²) in [7, 11) is 0. The Morgan fingerprint density at radius 1 is 0.914 bits per heavy atom. The van der Waals surface area contributed by atoms with Gasteiger partial charge in [0, 0.05) is 61.9 Å². The van der Waals surface area contributed by atoms with E-state index in [0.717, 1.165) is 74.8 Å². The molecule has 0 saturated carbocycles. The number of nitrogens with two attached hydrogens (primary N) is 1. The van der Waals surface area contributed by atoms with Crippen LogP contribution in [0.1, 0.15) is 35.3 Å². The lowest BCUT2D eigenvalue weighted by Gasteiger charge is -2.37. The maximum Gasteiger partial charge on any atom is 0.150 e. The maximum atomic E-state index is 11.6. The van der Waals surface area contributed by atoms with E-state index in [1.165, 1.54) is 16.8 Å². The number of rotatable bonds is 7. The van der Waals surface area contributed by atoms with Crippen LogP contribution >= 0.6 is 0 Å². The molecule has 182 valence electrons. The molecule has 0 aliphatic carbocycles. The van der Waals surface area contributed by atoms with Crippen LogP contribution in [0.3, 0.4) is 0 Å². The summed E-state index contributed by atoms with van der Waals surface area (Å²) in [6.07, 6.45) is 2.08. The van der Waals surface area contributed by atoms with Gasteiger partial charge in [-0.15, -0.1) is 0 Å². The number of anilines is 4. The minimum Gasteiger partial charge on any atom is -0.489 e. The lowest BCUT2D eigenvalue weighted by atomic mass is 10.1. The summed E-state index contributed by atoms with van der Waals surface area (Å²) in [5.74, 6) is 0.948. The number of piperazine rings is 1. The molecule has 6 nitrogen and oxygen atoms in total. The third-order valence-electron chi connectivity index (χ3n) is 6.87. The van der Waals surface area contributed by atoms with Crippen molar-refractivity contribution in [2.75, 3.05) is 48.3 Å². The molecule has 3 aromatic rings. The van der Waals surface area contributed by atoms with E-state index < -0.39 is 0 Å². The van der Waals surface area contributed by atoms with E-state index in [1.807, 2.05) is 24.3 Å². The Kier molecular flexibility index (Phi) is 6.64. The zero-order valence-corrected chi connectivity index (χ0v) is 20.6. The van der Waals surface area contributed by atoms with Crippen LogP contribution in [-0.4, -0.2) is 50.0 Å². The average molecular weight is 471 g/mol. The van der Waals surface area contributed by atoms with Crippen molar-refractivity contribution in [3.05, 3.63) is 77.4 Å². The van der Waals surface area contributed by atoms with Gasteiger partial charge in [0.2, 0.25) is 0 Å². The molecule has 2 heterocycles. The van der Waals surface area contributed by atoms with Crippen LogP contribution in [-0.2, 0) is 13.0 Å². The topological polar surface area (TPSA) is 62.0 Å². The first-order valence-corrected chi connectivity index (χ1v) is 12.5. The van der Waals surface area contributed by atoms with Crippen molar-refractivity contribution in [3.8, 4) is 5.75 Å². The number of aldehydes is 1. The van der Waals surface area contributed by atoms with Crippen LogP contribution in [0.15, 0.2) is 60.7 Å². The molecule has 2 N–H and O–H groups in total. The fraction of sp³-hybridized carbons (Fsp3) is 0.345. The number of ether oxygens (including phenoxy) is 1. The van der Waals surface area contributed by atoms with E-state index in [0.29, 0.717) is 5.56 Å².